The van der Waals surface area contributed by atoms with Gasteiger partial charge in [0.25, 0.3) is 6.43 Å². The Morgan fingerprint density at radius 1 is 0.476 bits per heavy atom. The van der Waals surface area contributed by atoms with Crippen LogP contribution >= 0.6 is 0 Å². The SMILES string of the molecule is FC(F)C(F)C(F)(F)C(F)(F)C(F)(F)C(F)(F)C(F)(F)F. The summed E-state index contributed by atoms with van der Waals surface area (Å²) in [5.41, 5.74) is 0. The minimum Gasteiger partial charge on any atom is -0.234 e. The fourth-order valence-electron chi connectivity index (χ4n) is 0.916. The van der Waals surface area contributed by atoms with E-state index in [2.05, 4.69) is 0 Å². The van der Waals surface area contributed by atoms with E-state index in [1.807, 2.05) is 0 Å². The van der Waals surface area contributed by atoms with Gasteiger partial charge in [-0.15, -0.1) is 0 Å². The van der Waals surface area contributed by atoms with Crippen molar-refractivity contribution in [3.63, 3.8) is 0 Å². The highest BCUT2D eigenvalue weighted by atomic mass is 19.4. The van der Waals surface area contributed by atoms with Gasteiger partial charge in [0.2, 0.25) is 6.17 Å². The molecule has 0 saturated carbocycles. The maximum absolute atomic E-state index is 12.6. The first-order valence-electron chi connectivity index (χ1n) is 4.36. The van der Waals surface area contributed by atoms with Gasteiger partial charge in [0.15, 0.2) is 0 Å². The van der Waals surface area contributed by atoms with Gasteiger partial charge < -0.3 is 0 Å². The lowest BCUT2D eigenvalue weighted by Gasteiger charge is -2.37. The monoisotopic (exact) mass is 352 g/mol. The Labute approximate surface area is 105 Å². The molecule has 0 aromatic rings. The average Bonchev–Trinajstić information content (AvgIpc) is 2.25. The lowest BCUT2D eigenvalue weighted by Crippen LogP contribution is -2.68. The Morgan fingerprint density at radius 3 is 1.05 bits per heavy atom. The van der Waals surface area contributed by atoms with Crippen LogP contribution in [-0.2, 0) is 0 Å². The fourth-order valence-corrected chi connectivity index (χ4v) is 0.916. The zero-order valence-corrected chi connectivity index (χ0v) is 8.95. The third-order valence-corrected chi connectivity index (χ3v) is 2.13. The van der Waals surface area contributed by atoms with Crippen LogP contribution in [0.3, 0.4) is 0 Å². The molecule has 14 heteroatoms. The van der Waals surface area contributed by atoms with Gasteiger partial charge in [0.1, 0.15) is 0 Å². The summed E-state index contributed by atoms with van der Waals surface area (Å²) in [6.07, 6.45) is -17.9. The second-order valence-corrected chi connectivity index (χ2v) is 3.58. The van der Waals surface area contributed by atoms with Gasteiger partial charge in [-0.1, -0.05) is 0 Å². The summed E-state index contributed by atoms with van der Waals surface area (Å²) in [4.78, 5) is 0. The number of hydrogen-bond donors (Lipinski definition) is 0. The molecule has 0 spiro atoms. The predicted molar refractivity (Wildman–Crippen MR) is 36.7 cm³/mol. The Bertz CT molecular complexity index is 364. The molecule has 0 heterocycles. The van der Waals surface area contributed by atoms with Crippen LogP contribution in [0.25, 0.3) is 0 Å². The topological polar surface area (TPSA) is 0 Å². The molecule has 0 amide bonds. The fraction of sp³-hybridized carbons (Fsp3) is 1.00. The van der Waals surface area contributed by atoms with Crippen LogP contribution in [0.2, 0.25) is 0 Å². The largest absolute Gasteiger partial charge is 0.460 e. The minimum absolute atomic E-state index is 5.04. The van der Waals surface area contributed by atoms with Crippen molar-refractivity contribution in [1.82, 2.24) is 0 Å². The molecule has 1 unspecified atom stereocenters. The van der Waals surface area contributed by atoms with E-state index in [0.29, 0.717) is 0 Å². The molecule has 0 radical (unpaired) electrons. The van der Waals surface area contributed by atoms with E-state index in [-0.39, 0.29) is 0 Å². The third-order valence-electron chi connectivity index (χ3n) is 2.13. The summed E-state index contributed by atoms with van der Waals surface area (Å²) >= 11 is 0. The van der Waals surface area contributed by atoms with Crippen molar-refractivity contribution in [3.8, 4) is 0 Å². The van der Waals surface area contributed by atoms with E-state index in [9.17, 15) is 61.5 Å². The van der Waals surface area contributed by atoms with Crippen LogP contribution in [-0.4, -0.2) is 42.5 Å². The molecule has 0 aliphatic heterocycles. The number of alkyl halides is 14. The Morgan fingerprint density at radius 2 is 0.810 bits per heavy atom. The molecule has 0 aliphatic carbocycles. The van der Waals surface area contributed by atoms with Crippen LogP contribution in [0.1, 0.15) is 0 Å². The molecule has 0 saturated heterocycles. The Hall–Kier alpha value is -0.980. The summed E-state index contributed by atoms with van der Waals surface area (Å²) in [7, 11) is 0. The quantitative estimate of drug-likeness (QED) is 0.630. The highest BCUT2D eigenvalue weighted by Crippen LogP contribution is 2.58. The molecular weight excluding hydrogens is 350 g/mol. The number of hydrogen-bond acceptors (Lipinski definition) is 0. The van der Waals surface area contributed by atoms with Crippen molar-refractivity contribution >= 4 is 0 Å². The first kappa shape index (κ1) is 20.0. The smallest absolute Gasteiger partial charge is 0.234 e. The van der Waals surface area contributed by atoms with Crippen molar-refractivity contribution in [2.75, 3.05) is 0 Å². The van der Waals surface area contributed by atoms with Crippen molar-refractivity contribution in [3.05, 3.63) is 0 Å². The molecule has 128 valence electrons. The summed E-state index contributed by atoms with van der Waals surface area (Å²) < 4.78 is 169. The van der Waals surface area contributed by atoms with E-state index in [1.165, 1.54) is 0 Å². The lowest BCUT2D eigenvalue weighted by atomic mass is 9.95. The standard InChI is InChI=1S/C7H2F14/c8-1(2(9)10)3(11,12)4(13,14)5(15,16)6(17,18)7(19,20)21/h1-2H. The highest BCUT2D eigenvalue weighted by Gasteiger charge is 2.88. The van der Waals surface area contributed by atoms with E-state index in [4.69, 9.17) is 0 Å². The molecule has 0 aliphatic rings. The zero-order valence-electron chi connectivity index (χ0n) is 8.95. The summed E-state index contributed by atoms with van der Waals surface area (Å²) in [6.45, 7) is 0. The molecule has 0 aromatic heterocycles. The van der Waals surface area contributed by atoms with Gasteiger partial charge in [-0.05, 0) is 0 Å². The van der Waals surface area contributed by atoms with Gasteiger partial charge in [-0.2, -0.15) is 48.3 Å². The Kier molecular flexibility index (Phi) is 4.80. The molecular formula is C7H2F14. The third kappa shape index (κ3) is 2.72. The molecule has 0 fully saturated rings. The average molecular weight is 352 g/mol. The van der Waals surface area contributed by atoms with Crippen LogP contribution < -0.4 is 0 Å². The second-order valence-electron chi connectivity index (χ2n) is 3.58. The summed E-state index contributed by atoms with van der Waals surface area (Å²) in [5.74, 6) is -30.6. The van der Waals surface area contributed by atoms with E-state index >= 15 is 0 Å². The van der Waals surface area contributed by atoms with Crippen LogP contribution in [0.15, 0.2) is 0 Å². The normalized spacial score (nSPS) is 17.3. The van der Waals surface area contributed by atoms with Gasteiger partial charge in [-0.25, -0.2) is 13.2 Å². The van der Waals surface area contributed by atoms with Crippen molar-refractivity contribution in [2.45, 2.75) is 42.5 Å². The molecule has 1 atom stereocenters. The molecule has 0 N–H and O–H groups in total. The van der Waals surface area contributed by atoms with Crippen molar-refractivity contribution < 1.29 is 61.5 Å². The molecule has 0 bridgehead atoms. The maximum Gasteiger partial charge on any atom is 0.460 e. The molecule has 21 heavy (non-hydrogen) atoms. The van der Waals surface area contributed by atoms with E-state index in [1.54, 1.807) is 0 Å². The second kappa shape index (κ2) is 5.04. The number of halogens is 14. The van der Waals surface area contributed by atoms with Crippen LogP contribution in [0.5, 0.6) is 0 Å². The molecule has 0 rings (SSSR count). The van der Waals surface area contributed by atoms with Crippen molar-refractivity contribution in [2.24, 2.45) is 0 Å². The predicted octanol–water partition coefficient (Wildman–Crippen LogP) is 4.69. The highest BCUT2D eigenvalue weighted by molar-refractivity contribution is 5.08. The van der Waals surface area contributed by atoms with E-state index in [0.717, 1.165) is 0 Å². The van der Waals surface area contributed by atoms with E-state index < -0.39 is 42.5 Å². The van der Waals surface area contributed by atoms with Gasteiger partial charge in [0, 0.05) is 0 Å². The molecule has 0 aromatic carbocycles. The minimum atomic E-state index is -7.89. The molecule has 0 nitrogen and oxygen atoms in total. The Balaban J connectivity index is 6.01. The van der Waals surface area contributed by atoms with Gasteiger partial charge >= 0.3 is 29.9 Å². The van der Waals surface area contributed by atoms with Crippen molar-refractivity contribution in [1.29, 1.82) is 0 Å². The van der Waals surface area contributed by atoms with Crippen LogP contribution in [0.4, 0.5) is 61.5 Å². The first-order chi connectivity index (χ1) is 8.85. The number of rotatable bonds is 5. The zero-order chi connectivity index (χ0) is 17.7. The first-order valence-corrected chi connectivity index (χ1v) is 4.36. The summed E-state index contributed by atoms with van der Waals surface area (Å²) in [5, 5.41) is 0. The maximum atomic E-state index is 12.6. The van der Waals surface area contributed by atoms with Gasteiger partial charge in [0.05, 0.1) is 0 Å². The van der Waals surface area contributed by atoms with Crippen LogP contribution in [0, 0.1) is 0 Å². The lowest BCUT2D eigenvalue weighted by molar-refractivity contribution is -0.428. The summed E-state index contributed by atoms with van der Waals surface area (Å²) in [6, 6.07) is 0. The van der Waals surface area contributed by atoms with Gasteiger partial charge in [-0.3, -0.25) is 0 Å².